The van der Waals surface area contributed by atoms with Crippen LogP contribution in [0, 0.1) is 0 Å². The number of benzene rings is 2. The summed E-state index contributed by atoms with van der Waals surface area (Å²) in [7, 11) is -3.54. The maximum atomic E-state index is 12.1. The molecule has 0 aliphatic carbocycles. The zero-order valence-electron chi connectivity index (χ0n) is 12.7. The second-order valence-electron chi connectivity index (χ2n) is 5.26. The average Bonchev–Trinajstić information content (AvgIpc) is 2.46. The fourth-order valence-corrected chi connectivity index (χ4v) is 3.37. The van der Waals surface area contributed by atoms with E-state index in [-0.39, 0.29) is 16.8 Å². The van der Waals surface area contributed by atoms with E-state index in [2.05, 4.69) is 10.0 Å². The number of nitrogens with one attached hydrogen (secondary N) is 2. The van der Waals surface area contributed by atoms with Crippen LogP contribution in [-0.2, 0) is 10.0 Å². The van der Waals surface area contributed by atoms with Crippen molar-refractivity contribution in [2.24, 2.45) is 0 Å². The highest BCUT2D eigenvalue weighted by Crippen LogP contribution is 2.16. The molecule has 2 aromatic carbocycles. The van der Waals surface area contributed by atoms with Gasteiger partial charge in [-0.2, -0.15) is 0 Å². The van der Waals surface area contributed by atoms with Crippen LogP contribution in [0.1, 0.15) is 24.2 Å². The smallest absolute Gasteiger partial charge is 0.255 e. The van der Waals surface area contributed by atoms with Crippen LogP contribution in [-0.4, -0.2) is 20.4 Å². The van der Waals surface area contributed by atoms with Crippen LogP contribution < -0.4 is 10.0 Å². The molecule has 0 radical (unpaired) electrons. The summed E-state index contributed by atoms with van der Waals surface area (Å²) in [6, 6.07) is 12.3. The molecule has 2 aromatic rings. The number of carbonyl (C=O) groups excluding carboxylic acids is 1. The maximum Gasteiger partial charge on any atom is 0.255 e. The Hall–Kier alpha value is -1.89. The van der Waals surface area contributed by atoms with Crippen LogP contribution in [0.5, 0.6) is 0 Å². The first kappa shape index (κ1) is 17.5. The summed E-state index contributed by atoms with van der Waals surface area (Å²) < 4.78 is 26.5. The second-order valence-corrected chi connectivity index (χ2v) is 7.42. The SMILES string of the molecule is CC(C)NS(=O)(=O)c1ccc(NC(=O)c2cccc(Cl)c2)cc1. The molecular formula is C16H17ClN2O3S. The van der Waals surface area contributed by atoms with Crippen molar-refractivity contribution in [3.8, 4) is 0 Å². The van der Waals surface area contributed by atoms with Gasteiger partial charge in [0.1, 0.15) is 0 Å². The Bertz CT molecular complexity index is 802. The average molecular weight is 353 g/mol. The van der Waals surface area contributed by atoms with Gasteiger partial charge in [0, 0.05) is 22.3 Å². The number of sulfonamides is 1. The van der Waals surface area contributed by atoms with E-state index in [0.29, 0.717) is 16.3 Å². The Balaban J connectivity index is 2.13. The molecule has 0 saturated carbocycles. The van der Waals surface area contributed by atoms with Crippen LogP contribution >= 0.6 is 11.6 Å². The molecule has 2 N–H and O–H groups in total. The molecule has 0 spiro atoms. The van der Waals surface area contributed by atoms with Gasteiger partial charge in [-0.05, 0) is 56.3 Å². The van der Waals surface area contributed by atoms with Crippen molar-refractivity contribution in [2.75, 3.05) is 5.32 Å². The van der Waals surface area contributed by atoms with Gasteiger partial charge in [-0.3, -0.25) is 4.79 Å². The van der Waals surface area contributed by atoms with Gasteiger partial charge in [-0.1, -0.05) is 17.7 Å². The lowest BCUT2D eigenvalue weighted by atomic mass is 10.2. The fourth-order valence-electron chi connectivity index (χ4n) is 1.93. The summed E-state index contributed by atoms with van der Waals surface area (Å²) >= 11 is 5.85. The van der Waals surface area contributed by atoms with Crippen molar-refractivity contribution in [1.82, 2.24) is 4.72 Å². The number of halogens is 1. The van der Waals surface area contributed by atoms with Crippen LogP contribution in [0.15, 0.2) is 53.4 Å². The Kier molecular flexibility index (Phi) is 5.41. The fraction of sp³-hybridized carbons (Fsp3) is 0.188. The van der Waals surface area contributed by atoms with Gasteiger partial charge in [0.15, 0.2) is 0 Å². The standard InChI is InChI=1S/C16H17ClN2O3S/c1-11(2)19-23(21,22)15-8-6-14(7-9-15)18-16(20)12-4-3-5-13(17)10-12/h3-11,19H,1-2H3,(H,18,20). The van der Waals surface area contributed by atoms with Crippen molar-refractivity contribution in [2.45, 2.75) is 24.8 Å². The van der Waals surface area contributed by atoms with E-state index in [1.165, 1.54) is 24.3 Å². The molecule has 7 heteroatoms. The van der Waals surface area contributed by atoms with E-state index in [9.17, 15) is 13.2 Å². The summed E-state index contributed by atoms with van der Waals surface area (Å²) in [6.07, 6.45) is 0. The van der Waals surface area contributed by atoms with E-state index < -0.39 is 10.0 Å². The molecule has 0 aliphatic heterocycles. The van der Waals surface area contributed by atoms with Crippen LogP contribution in [0.2, 0.25) is 5.02 Å². The number of rotatable bonds is 5. The normalized spacial score (nSPS) is 11.5. The maximum absolute atomic E-state index is 12.1. The molecule has 0 atom stereocenters. The third-order valence-corrected chi connectivity index (χ3v) is 4.81. The van der Waals surface area contributed by atoms with Crippen molar-refractivity contribution in [1.29, 1.82) is 0 Å². The van der Waals surface area contributed by atoms with Crippen molar-refractivity contribution in [3.05, 3.63) is 59.1 Å². The lowest BCUT2D eigenvalue weighted by Crippen LogP contribution is -2.30. The lowest BCUT2D eigenvalue weighted by Gasteiger charge is -2.10. The van der Waals surface area contributed by atoms with Gasteiger partial charge in [-0.15, -0.1) is 0 Å². The van der Waals surface area contributed by atoms with Crippen LogP contribution in [0.3, 0.4) is 0 Å². The number of hydrogen-bond acceptors (Lipinski definition) is 3. The van der Waals surface area contributed by atoms with E-state index in [4.69, 9.17) is 11.6 Å². The Morgan fingerprint density at radius 1 is 1.09 bits per heavy atom. The highest BCUT2D eigenvalue weighted by atomic mass is 35.5. The third kappa shape index (κ3) is 4.79. The van der Waals surface area contributed by atoms with Gasteiger partial charge < -0.3 is 5.32 Å². The molecule has 23 heavy (non-hydrogen) atoms. The minimum absolute atomic E-state index is 0.145. The zero-order chi connectivity index (χ0) is 17.0. The molecule has 5 nitrogen and oxygen atoms in total. The molecule has 0 unspecified atom stereocenters. The van der Waals surface area contributed by atoms with E-state index in [1.807, 2.05) is 0 Å². The predicted molar refractivity (Wildman–Crippen MR) is 91.3 cm³/mol. The largest absolute Gasteiger partial charge is 0.322 e. The minimum Gasteiger partial charge on any atom is -0.322 e. The summed E-state index contributed by atoms with van der Waals surface area (Å²) in [5.74, 6) is -0.316. The molecule has 0 aliphatic rings. The monoisotopic (exact) mass is 352 g/mol. The highest BCUT2D eigenvalue weighted by Gasteiger charge is 2.15. The molecule has 0 fully saturated rings. The molecule has 0 bridgehead atoms. The van der Waals surface area contributed by atoms with Gasteiger partial charge in [-0.25, -0.2) is 13.1 Å². The quantitative estimate of drug-likeness (QED) is 0.867. The molecule has 2 rings (SSSR count). The van der Waals surface area contributed by atoms with Crippen molar-refractivity contribution < 1.29 is 13.2 Å². The summed E-state index contributed by atoms with van der Waals surface area (Å²) in [6.45, 7) is 3.49. The topological polar surface area (TPSA) is 75.3 Å². The van der Waals surface area contributed by atoms with Gasteiger partial charge in [0.2, 0.25) is 10.0 Å². The van der Waals surface area contributed by atoms with Gasteiger partial charge in [0.25, 0.3) is 5.91 Å². The highest BCUT2D eigenvalue weighted by molar-refractivity contribution is 7.89. The summed E-state index contributed by atoms with van der Waals surface area (Å²) in [5, 5.41) is 3.16. The first-order valence-corrected chi connectivity index (χ1v) is 8.83. The second kappa shape index (κ2) is 7.12. The van der Waals surface area contributed by atoms with Gasteiger partial charge in [0.05, 0.1) is 4.90 Å². The van der Waals surface area contributed by atoms with Crippen LogP contribution in [0.25, 0.3) is 0 Å². The third-order valence-electron chi connectivity index (χ3n) is 2.90. The van der Waals surface area contributed by atoms with E-state index >= 15 is 0 Å². The number of amides is 1. The summed E-state index contributed by atoms with van der Waals surface area (Å²) in [4.78, 5) is 12.2. The Labute approximate surface area is 140 Å². The molecule has 1 amide bonds. The van der Waals surface area contributed by atoms with E-state index in [1.54, 1.807) is 38.1 Å². The molecule has 122 valence electrons. The molecule has 0 saturated heterocycles. The Morgan fingerprint density at radius 3 is 2.30 bits per heavy atom. The minimum atomic E-state index is -3.54. The summed E-state index contributed by atoms with van der Waals surface area (Å²) in [5.41, 5.74) is 0.925. The van der Waals surface area contributed by atoms with Crippen molar-refractivity contribution in [3.63, 3.8) is 0 Å². The molecular weight excluding hydrogens is 336 g/mol. The number of anilines is 1. The van der Waals surface area contributed by atoms with E-state index in [0.717, 1.165) is 0 Å². The predicted octanol–water partition coefficient (Wildman–Crippen LogP) is 3.28. The Morgan fingerprint density at radius 2 is 1.74 bits per heavy atom. The zero-order valence-corrected chi connectivity index (χ0v) is 14.3. The number of hydrogen-bond donors (Lipinski definition) is 2. The molecule has 0 aromatic heterocycles. The van der Waals surface area contributed by atoms with Crippen molar-refractivity contribution >= 4 is 33.2 Å². The molecule has 0 heterocycles. The first-order valence-electron chi connectivity index (χ1n) is 6.97. The van der Waals surface area contributed by atoms with Crippen LogP contribution in [0.4, 0.5) is 5.69 Å². The first-order chi connectivity index (χ1) is 10.8. The lowest BCUT2D eigenvalue weighted by molar-refractivity contribution is 0.102. The number of carbonyl (C=O) groups is 1. The van der Waals surface area contributed by atoms with Gasteiger partial charge >= 0.3 is 0 Å².